The van der Waals surface area contributed by atoms with E-state index in [0.717, 1.165) is 26.9 Å². The topological polar surface area (TPSA) is 72.9 Å². The van der Waals surface area contributed by atoms with Crippen molar-refractivity contribution in [2.45, 2.75) is 25.8 Å². The third-order valence-electron chi connectivity index (χ3n) is 4.91. The number of hydrogen-bond acceptors (Lipinski definition) is 4. The standard InChI is InChI=1S/C21H22BrFN4OS/c1-12-7-17(19(29)9-16(12)20-18(22)11-25-27(20)2)21(28)26-15(10-24)8-13-3-5-14(23)6-4-13/h3-7,11,15H,8-10,24H2,1-2H3,(H,26,28)/t15-/m0/s1. The van der Waals surface area contributed by atoms with E-state index < -0.39 is 0 Å². The first-order valence-corrected chi connectivity index (χ1v) is 10.4. The van der Waals surface area contributed by atoms with E-state index in [1.807, 2.05) is 20.0 Å². The maximum absolute atomic E-state index is 13.1. The molecule has 152 valence electrons. The average Bonchev–Trinajstić information content (AvgIpc) is 3.02. The molecule has 2 aromatic rings. The lowest BCUT2D eigenvalue weighted by atomic mass is 9.90. The fraction of sp³-hybridized carbons (Fsp3) is 0.286. The zero-order chi connectivity index (χ0) is 21.1. The minimum atomic E-state index is -0.294. The van der Waals surface area contributed by atoms with E-state index in [4.69, 9.17) is 18.0 Å². The van der Waals surface area contributed by atoms with Gasteiger partial charge >= 0.3 is 0 Å². The summed E-state index contributed by atoms with van der Waals surface area (Å²) in [5.41, 5.74) is 10.2. The molecule has 8 heteroatoms. The third kappa shape index (κ3) is 4.88. The predicted octanol–water partition coefficient (Wildman–Crippen LogP) is 3.48. The minimum absolute atomic E-state index is 0.241. The number of benzene rings is 1. The normalized spacial score (nSPS) is 15.3. The van der Waals surface area contributed by atoms with Crippen LogP contribution in [0.1, 0.15) is 24.6 Å². The van der Waals surface area contributed by atoms with Crippen LogP contribution in [-0.2, 0) is 18.3 Å². The van der Waals surface area contributed by atoms with Gasteiger partial charge in [-0.1, -0.05) is 24.4 Å². The fourth-order valence-corrected chi connectivity index (χ4v) is 4.24. The van der Waals surface area contributed by atoms with Crippen molar-refractivity contribution >= 4 is 44.5 Å². The fourth-order valence-electron chi connectivity index (χ4n) is 3.35. The molecule has 0 saturated heterocycles. The van der Waals surface area contributed by atoms with Gasteiger partial charge in [0.15, 0.2) is 0 Å². The van der Waals surface area contributed by atoms with Gasteiger partial charge in [0.2, 0.25) is 0 Å². The lowest BCUT2D eigenvalue weighted by Crippen LogP contribution is -2.43. The first-order chi connectivity index (χ1) is 13.8. The summed E-state index contributed by atoms with van der Waals surface area (Å²) < 4.78 is 15.8. The second-order valence-corrected chi connectivity index (χ2v) is 8.37. The second kappa shape index (κ2) is 9.11. The lowest BCUT2D eigenvalue weighted by Gasteiger charge is -2.22. The van der Waals surface area contributed by atoms with Crippen molar-refractivity contribution in [2.75, 3.05) is 6.54 Å². The summed E-state index contributed by atoms with van der Waals surface area (Å²) in [4.78, 5) is 13.4. The highest BCUT2D eigenvalue weighted by Gasteiger charge is 2.26. The number of halogens is 2. The van der Waals surface area contributed by atoms with E-state index in [0.29, 0.717) is 23.3 Å². The van der Waals surface area contributed by atoms with Crippen molar-refractivity contribution in [3.8, 4) is 0 Å². The Morgan fingerprint density at radius 2 is 2.10 bits per heavy atom. The van der Waals surface area contributed by atoms with Crippen LogP contribution in [0.15, 0.2) is 52.2 Å². The Morgan fingerprint density at radius 1 is 1.41 bits per heavy atom. The maximum Gasteiger partial charge on any atom is 0.252 e. The van der Waals surface area contributed by atoms with Gasteiger partial charge in [0.25, 0.3) is 5.91 Å². The zero-order valence-corrected chi connectivity index (χ0v) is 18.6. The molecule has 5 nitrogen and oxygen atoms in total. The number of nitrogens with one attached hydrogen (secondary N) is 1. The smallest absolute Gasteiger partial charge is 0.252 e. The van der Waals surface area contributed by atoms with Crippen LogP contribution in [0.2, 0.25) is 0 Å². The highest BCUT2D eigenvalue weighted by Crippen LogP contribution is 2.34. The summed E-state index contributed by atoms with van der Waals surface area (Å²) >= 11 is 9.07. The molecule has 3 rings (SSSR count). The van der Waals surface area contributed by atoms with Gasteiger partial charge in [-0.2, -0.15) is 5.10 Å². The van der Waals surface area contributed by atoms with E-state index in [9.17, 15) is 9.18 Å². The predicted molar refractivity (Wildman–Crippen MR) is 120 cm³/mol. The van der Waals surface area contributed by atoms with Gasteiger partial charge in [0, 0.05) is 30.9 Å². The number of hydrogen-bond donors (Lipinski definition) is 2. The molecule has 1 aromatic heterocycles. The van der Waals surface area contributed by atoms with Gasteiger partial charge in [0.1, 0.15) is 5.82 Å². The molecule has 3 N–H and O–H groups in total. The molecule has 1 aliphatic rings. The Kier molecular flexibility index (Phi) is 6.77. The van der Waals surface area contributed by atoms with Gasteiger partial charge in [0.05, 0.1) is 21.9 Å². The summed E-state index contributed by atoms with van der Waals surface area (Å²) in [6.45, 7) is 2.23. The van der Waals surface area contributed by atoms with Crippen molar-refractivity contribution in [3.05, 3.63) is 69.2 Å². The second-order valence-electron chi connectivity index (χ2n) is 7.02. The summed E-state index contributed by atoms with van der Waals surface area (Å²) in [5.74, 6) is -0.534. The maximum atomic E-state index is 13.1. The molecule has 0 bridgehead atoms. The van der Waals surface area contributed by atoms with Gasteiger partial charge in [-0.05, 0) is 64.2 Å². The molecule has 0 unspecified atom stereocenters. The van der Waals surface area contributed by atoms with E-state index in [1.54, 1.807) is 23.0 Å². The molecule has 0 radical (unpaired) electrons. The number of amides is 1. The van der Waals surface area contributed by atoms with Crippen LogP contribution in [0.5, 0.6) is 0 Å². The Bertz CT molecular complexity index is 991. The minimum Gasteiger partial charge on any atom is -0.348 e. The monoisotopic (exact) mass is 476 g/mol. The number of aromatic nitrogens is 2. The number of carbonyl (C=O) groups is 1. The third-order valence-corrected chi connectivity index (χ3v) is 5.86. The number of rotatable bonds is 6. The molecule has 0 aliphatic heterocycles. The molecule has 1 aromatic carbocycles. The SMILES string of the molecule is CC1=C(c2c(Br)cnn2C)CC(=S)C(C(=O)N[C@H](CN)Cc2ccc(F)cc2)=C1. The van der Waals surface area contributed by atoms with Crippen LogP contribution in [0.4, 0.5) is 4.39 Å². The van der Waals surface area contributed by atoms with Crippen LogP contribution in [0.25, 0.3) is 5.57 Å². The van der Waals surface area contributed by atoms with Crippen LogP contribution >= 0.6 is 28.1 Å². The molecule has 1 atom stereocenters. The largest absolute Gasteiger partial charge is 0.348 e. The van der Waals surface area contributed by atoms with Crippen molar-refractivity contribution in [3.63, 3.8) is 0 Å². The van der Waals surface area contributed by atoms with Gasteiger partial charge in [-0.15, -0.1) is 0 Å². The lowest BCUT2D eigenvalue weighted by molar-refractivity contribution is -0.117. The molecule has 0 saturated carbocycles. The summed E-state index contributed by atoms with van der Waals surface area (Å²) in [6.07, 6.45) is 4.57. The van der Waals surface area contributed by atoms with Gasteiger partial charge in [-0.3, -0.25) is 9.48 Å². The van der Waals surface area contributed by atoms with Crippen LogP contribution in [0.3, 0.4) is 0 Å². The average molecular weight is 477 g/mol. The highest BCUT2D eigenvalue weighted by molar-refractivity contribution is 9.10. The molecule has 1 aliphatic carbocycles. The van der Waals surface area contributed by atoms with Crippen molar-refractivity contribution in [1.82, 2.24) is 15.1 Å². The van der Waals surface area contributed by atoms with E-state index >= 15 is 0 Å². The number of nitrogens with zero attached hydrogens (tertiary/aromatic N) is 2. The van der Waals surface area contributed by atoms with Crippen LogP contribution < -0.4 is 11.1 Å². The first kappa shape index (κ1) is 21.5. The Morgan fingerprint density at radius 3 is 2.69 bits per heavy atom. The summed E-state index contributed by atoms with van der Waals surface area (Å²) in [5, 5.41) is 7.22. The van der Waals surface area contributed by atoms with Crippen LogP contribution in [-0.4, -0.2) is 33.1 Å². The molecule has 0 spiro atoms. The number of thiocarbonyl (C=S) groups is 1. The molecule has 1 amide bonds. The number of allylic oxidation sites excluding steroid dienone is 3. The van der Waals surface area contributed by atoms with E-state index in [1.165, 1.54) is 12.1 Å². The number of nitrogens with two attached hydrogens (primary N) is 1. The molecule has 0 fully saturated rings. The van der Waals surface area contributed by atoms with Crippen molar-refractivity contribution < 1.29 is 9.18 Å². The Balaban J connectivity index is 1.78. The molecular formula is C21H22BrFN4OS. The van der Waals surface area contributed by atoms with E-state index in [2.05, 4.69) is 26.3 Å². The zero-order valence-electron chi connectivity index (χ0n) is 16.2. The number of carbonyl (C=O) groups excluding carboxylic acids is 1. The van der Waals surface area contributed by atoms with Crippen LogP contribution in [0, 0.1) is 5.82 Å². The quantitative estimate of drug-likeness (QED) is 0.625. The van der Waals surface area contributed by atoms with Gasteiger partial charge in [-0.25, -0.2) is 4.39 Å². The van der Waals surface area contributed by atoms with Crippen molar-refractivity contribution in [1.29, 1.82) is 0 Å². The Hall–Kier alpha value is -2.16. The highest BCUT2D eigenvalue weighted by atomic mass is 79.9. The van der Waals surface area contributed by atoms with Gasteiger partial charge < -0.3 is 11.1 Å². The van der Waals surface area contributed by atoms with E-state index in [-0.39, 0.29) is 24.3 Å². The number of aryl methyl sites for hydroxylation is 1. The van der Waals surface area contributed by atoms with Crippen molar-refractivity contribution in [2.24, 2.45) is 12.8 Å². The summed E-state index contributed by atoms with van der Waals surface area (Å²) in [6, 6.07) is 5.92. The molecule has 29 heavy (non-hydrogen) atoms. The molecule has 1 heterocycles. The first-order valence-electron chi connectivity index (χ1n) is 9.18. The Labute approximate surface area is 183 Å². The summed E-state index contributed by atoms with van der Waals surface area (Å²) in [7, 11) is 1.87. The molecular weight excluding hydrogens is 455 g/mol.